The average Bonchev–Trinajstić information content (AvgIpc) is 2.80. The zero-order valence-electron chi connectivity index (χ0n) is 23.0. The maximum atomic E-state index is 13.4. The predicted molar refractivity (Wildman–Crippen MR) is 169 cm³/mol. The molecule has 0 radical (unpaired) electrons. The molecule has 0 unspecified atom stereocenters. The van der Waals surface area contributed by atoms with Crippen molar-refractivity contribution in [3.8, 4) is 0 Å². The fraction of sp³-hybridized carbons (Fsp3) is 0.533. The first-order chi connectivity index (χ1) is 17.1. The molecule has 2 heterocycles. The van der Waals surface area contributed by atoms with Crippen LogP contribution in [0.3, 0.4) is 0 Å². The van der Waals surface area contributed by atoms with Crippen molar-refractivity contribution in [1.29, 1.82) is 0 Å². The number of thioether (sulfide) groups is 2. The Kier molecular flexibility index (Phi) is 8.11. The fourth-order valence-electron chi connectivity index (χ4n) is 6.08. The molecule has 0 aliphatic carbocycles. The van der Waals surface area contributed by atoms with Gasteiger partial charge in [0.2, 0.25) is 0 Å². The molecule has 4 rings (SSSR count). The maximum absolute atomic E-state index is 13.4. The van der Waals surface area contributed by atoms with Gasteiger partial charge in [-0.05, 0) is 44.6 Å². The maximum Gasteiger partial charge on any atom is 0.196 e. The van der Waals surface area contributed by atoms with E-state index in [1.807, 2.05) is 12.1 Å². The number of hydrogen-bond donors (Lipinski definition) is 0. The summed E-state index contributed by atoms with van der Waals surface area (Å²) in [5, 5.41) is 0.492. The van der Waals surface area contributed by atoms with E-state index in [-0.39, 0.29) is 31.9 Å². The van der Waals surface area contributed by atoms with Crippen LogP contribution in [0.1, 0.15) is 79.4 Å². The highest BCUT2D eigenvalue weighted by Gasteiger charge is 2.60. The van der Waals surface area contributed by atoms with Crippen LogP contribution in [0.2, 0.25) is 0 Å². The molecule has 2 nitrogen and oxygen atoms in total. The highest BCUT2D eigenvalue weighted by Crippen LogP contribution is 2.74. The Morgan fingerprint density at radius 3 is 1.22 bits per heavy atom. The van der Waals surface area contributed by atoms with Gasteiger partial charge in [-0.1, -0.05) is 161 Å². The van der Waals surface area contributed by atoms with Crippen molar-refractivity contribution >= 4 is 65.2 Å². The van der Waals surface area contributed by atoms with E-state index in [9.17, 15) is 9.59 Å². The van der Waals surface area contributed by atoms with Crippen LogP contribution in [0, 0.1) is 21.7 Å². The summed E-state index contributed by atoms with van der Waals surface area (Å²) in [5.74, 6) is 0. The largest absolute Gasteiger partial charge is 0.287 e. The summed E-state index contributed by atoms with van der Waals surface area (Å²) in [6.07, 6.45) is 1.63. The van der Waals surface area contributed by atoms with Gasteiger partial charge in [0.1, 0.15) is 8.16 Å². The van der Waals surface area contributed by atoms with Gasteiger partial charge in [0.05, 0.1) is 0 Å². The molecule has 0 amide bonds. The second-order valence-corrected chi connectivity index (χ2v) is 20.1. The van der Waals surface area contributed by atoms with Crippen LogP contribution in [0.15, 0.2) is 60.7 Å². The molecule has 37 heavy (non-hydrogen) atoms. The zero-order chi connectivity index (χ0) is 27.3. The van der Waals surface area contributed by atoms with Gasteiger partial charge in [-0.15, -0.1) is 0 Å². The SMILES string of the molecule is CC1(C)CC(C)(C)[C@](SSS[C@@]2(c3ccccc3)SC(=O)C(C)(C)CC2(C)C)(c2ccccc2)SC1=O. The minimum absolute atomic E-state index is 0.137. The van der Waals surface area contributed by atoms with Crippen molar-refractivity contribution in [3.63, 3.8) is 0 Å². The Morgan fingerprint density at radius 1 is 0.568 bits per heavy atom. The minimum Gasteiger partial charge on any atom is -0.287 e. The van der Waals surface area contributed by atoms with Crippen LogP contribution in [0.4, 0.5) is 0 Å². The topological polar surface area (TPSA) is 34.1 Å². The summed E-state index contributed by atoms with van der Waals surface area (Å²) < 4.78 is -0.883. The number of hydrogen-bond acceptors (Lipinski definition) is 7. The third-order valence-corrected chi connectivity index (χ3v) is 18.3. The average molecular weight is 591 g/mol. The molecular weight excluding hydrogens is 553 g/mol. The third-order valence-electron chi connectivity index (χ3n) is 7.74. The van der Waals surface area contributed by atoms with E-state index in [2.05, 4.69) is 104 Å². The molecule has 2 aliphatic heterocycles. The number of benzene rings is 2. The molecule has 7 heteroatoms. The Balaban J connectivity index is 1.73. The van der Waals surface area contributed by atoms with Crippen molar-refractivity contribution < 1.29 is 9.59 Å². The molecule has 0 spiro atoms. The predicted octanol–water partition coefficient (Wildman–Crippen LogP) is 10.2. The van der Waals surface area contributed by atoms with E-state index in [0.717, 1.165) is 12.8 Å². The molecule has 2 aromatic carbocycles. The van der Waals surface area contributed by atoms with Gasteiger partial charge < -0.3 is 0 Å². The Hall–Kier alpha value is -0.470. The minimum atomic E-state index is -0.441. The molecule has 2 saturated heterocycles. The lowest BCUT2D eigenvalue weighted by Gasteiger charge is -2.54. The van der Waals surface area contributed by atoms with Crippen LogP contribution in [-0.2, 0) is 17.7 Å². The van der Waals surface area contributed by atoms with Gasteiger partial charge in [-0.25, -0.2) is 0 Å². The Labute approximate surface area is 243 Å². The molecule has 0 aromatic heterocycles. The van der Waals surface area contributed by atoms with Gasteiger partial charge in [0.25, 0.3) is 0 Å². The monoisotopic (exact) mass is 590 g/mol. The molecule has 2 fully saturated rings. The standard InChI is InChI=1S/C30H38O2S5/c1-25(2)19-27(5,6)29(33-23(25)31,21-15-11-9-12-16-21)35-37-36-30(22-17-13-10-14-18-22)28(7,8)20-26(3,4)24(32)34-30/h9-18H,19-20H2,1-8H3/t29-,30-/m1/s1. The van der Waals surface area contributed by atoms with Gasteiger partial charge in [-0.2, -0.15) is 0 Å². The number of carbonyl (C=O) groups is 2. The lowest BCUT2D eigenvalue weighted by Crippen LogP contribution is -2.48. The lowest BCUT2D eigenvalue weighted by molar-refractivity contribution is -0.121. The van der Waals surface area contributed by atoms with Gasteiger partial charge >= 0.3 is 0 Å². The summed E-state index contributed by atoms with van der Waals surface area (Å²) in [7, 11) is 5.34. The Bertz CT molecular complexity index is 1070. The quantitative estimate of drug-likeness (QED) is 0.310. The van der Waals surface area contributed by atoms with Crippen LogP contribution in [0.5, 0.6) is 0 Å². The highest BCUT2D eigenvalue weighted by atomic mass is 33.5. The molecule has 0 saturated carbocycles. The van der Waals surface area contributed by atoms with E-state index in [4.69, 9.17) is 0 Å². The van der Waals surface area contributed by atoms with Gasteiger partial charge in [-0.3, -0.25) is 9.59 Å². The van der Waals surface area contributed by atoms with Crippen LogP contribution in [0.25, 0.3) is 0 Å². The smallest absolute Gasteiger partial charge is 0.196 e. The zero-order valence-corrected chi connectivity index (χ0v) is 27.1. The summed E-state index contributed by atoms with van der Waals surface area (Å²) >= 11 is 3.00. The third kappa shape index (κ3) is 5.21. The first-order valence-corrected chi connectivity index (χ1v) is 17.8. The molecule has 0 bridgehead atoms. The molecule has 2 aliphatic rings. The second-order valence-electron chi connectivity index (χ2n) is 12.9. The van der Waals surface area contributed by atoms with E-state index in [1.165, 1.54) is 34.7 Å². The summed E-state index contributed by atoms with van der Waals surface area (Å²) in [5.41, 5.74) is 1.34. The van der Waals surface area contributed by atoms with Crippen molar-refractivity contribution in [2.45, 2.75) is 76.4 Å². The second kappa shape index (κ2) is 10.2. The van der Waals surface area contributed by atoms with Crippen LogP contribution < -0.4 is 0 Å². The van der Waals surface area contributed by atoms with E-state index in [0.29, 0.717) is 0 Å². The lowest BCUT2D eigenvalue weighted by atomic mass is 9.71. The Morgan fingerprint density at radius 2 is 0.892 bits per heavy atom. The van der Waals surface area contributed by atoms with E-state index >= 15 is 0 Å². The first kappa shape index (κ1) is 29.5. The van der Waals surface area contributed by atoms with Crippen molar-refractivity contribution in [2.75, 3.05) is 0 Å². The van der Waals surface area contributed by atoms with Gasteiger partial charge in [0.15, 0.2) is 10.2 Å². The van der Waals surface area contributed by atoms with Crippen molar-refractivity contribution in [2.24, 2.45) is 21.7 Å². The summed E-state index contributed by atoms with van der Waals surface area (Å²) in [6, 6.07) is 21.0. The molecular formula is C30H38O2S5. The van der Waals surface area contributed by atoms with Crippen molar-refractivity contribution in [1.82, 2.24) is 0 Å². The van der Waals surface area contributed by atoms with Crippen molar-refractivity contribution in [3.05, 3.63) is 71.8 Å². The summed E-state index contributed by atoms with van der Waals surface area (Å²) in [6.45, 7) is 17.5. The molecule has 200 valence electrons. The summed E-state index contributed by atoms with van der Waals surface area (Å²) in [4.78, 5) is 26.9. The van der Waals surface area contributed by atoms with Crippen LogP contribution in [-0.4, -0.2) is 10.2 Å². The van der Waals surface area contributed by atoms with Crippen LogP contribution >= 0.6 is 54.9 Å². The fourth-order valence-corrected chi connectivity index (χ4v) is 17.3. The number of rotatable bonds is 6. The van der Waals surface area contributed by atoms with E-state index < -0.39 is 8.16 Å². The highest BCUT2D eigenvalue weighted by molar-refractivity contribution is 9.10. The van der Waals surface area contributed by atoms with Gasteiger partial charge in [0, 0.05) is 10.8 Å². The normalized spacial score (nSPS) is 30.2. The molecule has 0 N–H and O–H groups in total. The van der Waals surface area contributed by atoms with E-state index in [1.54, 1.807) is 31.4 Å². The number of carbonyl (C=O) groups excluding carboxylic acids is 2. The molecule has 2 atom stereocenters. The first-order valence-electron chi connectivity index (χ1n) is 12.7. The molecule has 2 aromatic rings.